The predicted octanol–water partition coefficient (Wildman–Crippen LogP) is 6.06. The van der Waals surface area contributed by atoms with Crippen molar-refractivity contribution < 1.29 is 4.79 Å². The lowest BCUT2D eigenvalue weighted by atomic mass is 9.50. The van der Waals surface area contributed by atoms with Crippen molar-refractivity contribution in [3.8, 4) is 0 Å². The highest BCUT2D eigenvalue weighted by Crippen LogP contribution is 2.63. The largest absolute Gasteiger partial charge is 0.333 e. The van der Waals surface area contributed by atoms with E-state index in [9.17, 15) is 4.79 Å². The van der Waals surface area contributed by atoms with E-state index in [1.54, 1.807) is 0 Å². The molecule has 4 rings (SSSR count). The SMILES string of the molecule is CCCC1C(CC)CCC2C1CCC1(C)C(C(=O)Cc3ccncc3)CCC21.CN. The van der Waals surface area contributed by atoms with E-state index in [1.165, 1.54) is 58.4 Å². The normalized spacial score (nSPS) is 37.5. The molecule has 3 nitrogen and oxygen atoms in total. The molecule has 0 saturated heterocycles. The van der Waals surface area contributed by atoms with Gasteiger partial charge in [-0.1, -0.05) is 40.0 Å². The molecular formula is C27H44N2O. The van der Waals surface area contributed by atoms with Gasteiger partial charge < -0.3 is 5.73 Å². The monoisotopic (exact) mass is 412 g/mol. The molecule has 7 atom stereocenters. The van der Waals surface area contributed by atoms with Gasteiger partial charge in [-0.05, 0) is 98.3 Å². The molecule has 3 fully saturated rings. The second-order valence-corrected chi connectivity index (χ2v) is 10.3. The molecule has 0 radical (unpaired) electrons. The van der Waals surface area contributed by atoms with Gasteiger partial charge in [0.25, 0.3) is 0 Å². The first-order valence-electron chi connectivity index (χ1n) is 12.6. The van der Waals surface area contributed by atoms with Gasteiger partial charge in [-0.3, -0.25) is 9.78 Å². The first-order valence-corrected chi connectivity index (χ1v) is 12.6. The van der Waals surface area contributed by atoms with E-state index in [4.69, 9.17) is 0 Å². The molecule has 168 valence electrons. The number of fused-ring (bicyclic) bond motifs is 3. The maximum atomic E-state index is 13.3. The molecule has 0 amide bonds. The van der Waals surface area contributed by atoms with Gasteiger partial charge in [0, 0.05) is 24.7 Å². The number of Topliss-reactive ketones (excluding diaryl/α,β-unsaturated/α-hetero) is 1. The van der Waals surface area contributed by atoms with Crippen LogP contribution in [0.5, 0.6) is 0 Å². The summed E-state index contributed by atoms with van der Waals surface area (Å²) < 4.78 is 0. The van der Waals surface area contributed by atoms with Crippen LogP contribution in [0, 0.1) is 40.9 Å². The summed E-state index contributed by atoms with van der Waals surface area (Å²) in [6.45, 7) is 7.26. The lowest BCUT2D eigenvalue weighted by Gasteiger charge is -2.54. The summed E-state index contributed by atoms with van der Waals surface area (Å²) >= 11 is 0. The van der Waals surface area contributed by atoms with E-state index in [2.05, 4.69) is 31.5 Å². The summed E-state index contributed by atoms with van der Waals surface area (Å²) in [4.78, 5) is 17.4. The van der Waals surface area contributed by atoms with Crippen LogP contribution in [0.3, 0.4) is 0 Å². The number of nitrogens with two attached hydrogens (primary N) is 1. The summed E-state index contributed by atoms with van der Waals surface area (Å²) in [6.07, 6.45) is 16.3. The van der Waals surface area contributed by atoms with Gasteiger partial charge in [-0.15, -0.1) is 0 Å². The van der Waals surface area contributed by atoms with Crippen LogP contribution >= 0.6 is 0 Å². The highest BCUT2D eigenvalue weighted by atomic mass is 16.1. The Balaban J connectivity index is 0.00000124. The fourth-order valence-corrected chi connectivity index (χ4v) is 7.88. The van der Waals surface area contributed by atoms with Crippen LogP contribution in [0.1, 0.15) is 84.1 Å². The van der Waals surface area contributed by atoms with Gasteiger partial charge >= 0.3 is 0 Å². The smallest absolute Gasteiger partial charge is 0.140 e. The second kappa shape index (κ2) is 10.4. The number of aromatic nitrogens is 1. The van der Waals surface area contributed by atoms with Gasteiger partial charge in [-0.2, -0.15) is 0 Å². The molecule has 0 bridgehead atoms. The van der Waals surface area contributed by atoms with E-state index >= 15 is 0 Å². The zero-order valence-corrected chi connectivity index (χ0v) is 19.8. The molecule has 1 aromatic rings. The zero-order valence-electron chi connectivity index (χ0n) is 19.8. The van der Waals surface area contributed by atoms with E-state index in [-0.39, 0.29) is 11.3 Å². The van der Waals surface area contributed by atoms with Crippen molar-refractivity contribution in [2.75, 3.05) is 7.05 Å². The lowest BCUT2D eigenvalue weighted by molar-refractivity contribution is -0.129. The first kappa shape index (κ1) is 23.4. The molecule has 7 unspecified atom stereocenters. The standard InChI is InChI=1S/C26H39NO.CH5N/c1-4-6-20-19(5-2)7-8-22-21(20)11-14-26(3)23(22)9-10-24(26)25(28)17-18-12-15-27-16-13-18;1-2/h12-13,15-16,19-24H,4-11,14,17H2,1-3H3;2H2,1H3. The average molecular weight is 413 g/mol. The Morgan fingerprint density at radius 1 is 1.07 bits per heavy atom. The van der Waals surface area contributed by atoms with Crippen molar-refractivity contribution in [1.29, 1.82) is 0 Å². The Morgan fingerprint density at radius 3 is 2.47 bits per heavy atom. The summed E-state index contributed by atoms with van der Waals surface area (Å²) in [5, 5.41) is 0. The molecule has 0 spiro atoms. The first-order chi connectivity index (χ1) is 14.6. The number of ketones is 1. The molecule has 2 N–H and O–H groups in total. The molecule has 1 heterocycles. The Morgan fingerprint density at radius 2 is 1.80 bits per heavy atom. The van der Waals surface area contributed by atoms with Crippen LogP contribution in [-0.4, -0.2) is 17.8 Å². The molecule has 3 heteroatoms. The molecular weight excluding hydrogens is 368 g/mol. The van der Waals surface area contributed by atoms with E-state index < -0.39 is 0 Å². The Hall–Kier alpha value is -1.22. The van der Waals surface area contributed by atoms with Crippen LogP contribution < -0.4 is 5.73 Å². The summed E-state index contributed by atoms with van der Waals surface area (Å²) in [6, 6.07) is 4.01. The van der Waals surface area contributed by atoms with Crippen LogP contribution in [0.2, 0.25) is 0 Å². The van der Waals surface area contributed by atoms with Crippen molar-refractivity contribution in [2.45, 2.75) is 85.0 Å². The summed E-state index contributed by atoms with van der Waals surface area (Å²) in [7, 11) is 1.50. The van der Waals surface area contributed by atoms with Crippen LogP contribution in [-0.2, 0) is 11.2 Å². The Labute approximate surface area is 184 Å². The maximum Gasteiger partial charge on any atom is 0.140 e. The molecule has 30 heavy (non-hydrogen) atoms. The van der Waals surface area contributed by atoms with Gasteiger partial charge in [0.15, 0.2) is 0 Å². The maximum absolute atomic E-state index is 13.3. The summed E-state index contributed by atoms with van der Waals surface area (Å²) in [5.74, 6) is 5.28. The molecule has 3 aliphatic rings. The molecule has 0 aromatic carbocycles. The fourth-order valence-electron chi connectivity index (χ4n) is 7.88. The third-order valence-electron chi connectivity index (χ3n) is 9.18. The molecule has 3 aliphatic carbocycles. The number of pyridine rings is 1. The third-order valence-corrected chi connectivity index (χ3v) is 9.18. The van der Waals surface area contributed by atoms with Gasteiger partial charge in [0.05, 0.1) is 0 Å². The van der Waals surface area contributed by atoms with E-state index in [0.29, 0.717) is 12.2 Å². The van der Waals surface area contributed by atoms with Gasteiger partial charge in [0.1, 0.15) is 5.78 Å². The third kappa shape index (κ3) is 4.38. The lowest BCUT2D eigenvalue weighted by Crippen LogP contribution is -2.48. The number of rotatable bonds is 6. The van der Waals surface area contributed by atoms with Crippen molar-refractivity contribution >= 4 is 5.78 Å². The van der Waals surface area contributed by atoms with E-state index in [0.717, 1.165) is 41.6 Å². The van der Waals surface area contributed by atoms with Crippen LogP contribution in [0.25, 0.3) is 0 Å². The highest BCUT2D eigenvalue weighted by molar-refractivity contribution is 5.84. The van der Waals surface area contributed by atoms with Crippen molar-refractivity contribution in [2.24, 2.45) is 46.7 Å². The molecule has 0 aliphatic heterocycles. The highest BCUT2D eigenvalue weighted by Gasteiger charge is 2.57. The van der Waals surface area contributed by atoms with Crippen LogP contribution in [0.15, 0.2) is 24.5 Å². The topological polar surface area (TPSA) is 56.0 Å². The van der Waals surface area contributed by atoms with Gasteiger partial charge in [0.2, 0.25) is 0 Å². The summed E-state index contributed by atoms with van der Waals surface area (Å²) in [5.41, 5.74) is 5.88. The van der Waals surface area contributed by atoms with Crippen molar-refractivity contribution in [3.63, 3.8) is 0 Å². The number of carbonyl (C=O) groups is 1. The minimum atomic E-state index is 0.251. The van der Waals surface area contributed by atoms with E-state index in [1.807, 2.05) is 24.5 Å². The molecule has 1 aromatic heterocycles. The number of carbonyl (C=O) groups excluding carboxylic acids is 1. The number of nitrogens with zero attached hydrogens (tertiary/aromatic N) is 1. The molecule has 3 saturated carbocycles. The number of hydrogen-bond acceptors (Lipinski definition) is 3. The van der Waals surface area contributed by atoms with Crippen molar-refractivity contribution in [3.05, 3.63) is 30.1 Å². The minimum Gasteiger partial charge on any atom is -0.333 e. The van der Waals surface area contributed by atoms with Crippen LogP contribution in [0.4, 0.5) is 0 Å². The van der Waals surface area contributed by atoms with Gasteiger partial charge in [-0.25, -0.2) is 0 Å². The quantitative estimate of drug-likeness (QED) is 0.617. The zero-order chi connectivity index (χ0) is 21.7. The minimum absolute atomic E-state index is 0.251. The second-order valence-electron chi connectivity index (χ2n) is 10.3. The average Bonchev–Trinajstić information content (AvgIpc) is 3.13. The fraction of sp³-hybridized carbons (Fsp3) is 0.778. The Kier molecular flexibility index (Phi) is 8.12. The van der Waals surface area contributed by atoms with Crippen molar-refractivity contribution in [1.82, 2.24) is 4.98 Å². The number of hydrogen-bond donors (Lipinski definition) is 1. The Bertz CT molecular complexity index is 675. The predicted molar refractivity (Wildman–Crippen MR) is 125 cm³/mol.